The fourth-order valence-corrected chi connectivity index (χ4v) is 3.94. The van der Waals surface area contributed by atoms with E-state index in [-0.39, 0.29) is 23.8 Å². The van der Waals surface area contributed by atoms with E-state index in [9.17, 15) is 9.18 Å². The van der Waals surface area contributed by atoms with Crippen molar-refractivity contribution in [3.05, 3.63) is 77.9 Å². The Morgan fingerprint density at radius 1 is 1.22 bits per heavy atom. The lowest BCUT2D eigenvalue weighted by molar-refractivity contribution is 0.0785. The molecule has 2 aromatic carbocycles. The van der Waals surface area contributed by atoms with E-state index >= 15 is 0 Å². The van der Waals surface area contributed by atoms with Crippen molar-refractivity contribution in [2.75, 3.05) is 20.7 Å². The van der Waals surface area contributed by atoms with Crippen molar-refractivity contribution >= 4 is 5.91 Å². The van der Waals surface area contributed by atoms with Crippen LogP contribution in [0.15, 0.2) is 60.8 Å². The van der Waals surface area contributed by atoms with Gasteiger partial charge in [-0.05, 0) is 67.3 Å². The van der Waals surface area contributed by atoms with Gasteiger partial charge >= 0.3 is 0 Å². The molecule has 2 N–H and O–H groups in total. The first-order chi connectivity index (χ1) is 15.5. The Balaban J connectivity index is 1.25. The molecule has 0 saturated carbocycles. The number of rotatable bonds is 8. The van der Waals surface area contributed by atoms with Gasteiger partial charge in [0.25, 0.3) is 5.91 Å². The molecule has 1 aliphatic rings. The van der Waals surface area contributed by atoms with Gasteiger partial charge in [-0.2, -0.15) is 5.10 Å². The third-order valence-electron chi connectivity index (χ3n) is 5.77. The first-order valence-electron chi connectivity index (χ1n) is 10.8. The van der Waals surface area contributed by atoms with Gasteiger partial charge in [0.15, 0.2) is 5.69 Å². The SMILES string of the molecule is COc1ccc(-n2ccc(C(=O)N(C)CCCC3CC(c4cccc(F)c4)NN3)n2)cc1. The van der Waals surface area contributed by atoms with Gasteiger partial charge < -0.3 is 9.64 Å². The van der Waals surface area contributed by atoms with E-state index in [1.807, 2.05) is 30.3 Å². The number of carbonyl (C=O) groups is 1. The van der Waals surface area contributed by atoms with Crippen LogP contribution in [0.2, 0.25) is 0 Å². The molecule has 2 heterocycles. The molecule has 32 heavy (non-hydrogen) atoms. The summed E-state index contributed by atoms with van der Waals surface area (Å²) in [5.74, 6) is 0.445. The molecular formula is C24H28FN5O2. The van der Waals surface area contributed by atoms with Crippen LogP contribution in [0.1, 0.15) is 41.4 Å². The van der Waals surface area contributed by atoms with Crippen molar-refractivity contribution in [1.82, 2.24) is 25.5 Å². The van der Waals surface area contributed by atoms with Gasteiger partial charge in [0.05, 0.1) is 12.8 Å². The lowest BCUT2D eigenvalue weighted by Gasteiger charge is -2.17. The number of nitrogens with one attached hydrogen (secondary N) is 2. The largest absolute Gasteiger partial charge is 0.497 e. The van der Waals surface area contributed by atoms with E-state index in [1.54, 1.807) is 48.1 Å². The number of nitrogens with zero attached hydrogens (tertiary/aromatic N) is 3. The maximum atomic E-state index is 13.5. The topological polar surface area (TPSA) is 71.4 Å². The number of methoxy groups -OCH3 is 1. The minimum Gasteiger partial charge on any atom is -0.497 e. The van der Waals surface area contributed by atoms with Crippen molar-refractivity contribution in [2.45, 2.75) is 31.3 Å². The average Bonchev–Trinajstić information content (AvgIpc) is 3.49. The number of aromatic nitrogens is 2. The highest BCUT2D eigenvalue weighted by Gasteiger charge is 2.25. The standard InChI is InChI=1S/C24H28FN5O2/c1-29(13-4-7-19-16-23(27-26-19)17-5-3-6-18(25)15-17)24(31)22-12-14-30(28-22)20-8-10-21(32-2)11-9-20/h3,5-6,8-12,14-15,19,23,26-27H,4,7,13,16H2,1-2H3. The molecule has 4 rings (SSSR count). The smallest absolute Gasteiger partial charge is 0.274 e. The summed E-state index contributed by atoms with van der Waals surface area (Å²) >= 11 is 0. The highest BCUT2D eigenvalue weighted by atomic mass is 19.1. The summed E-state index contributed by atoms with van der Waals surface area (Å²) in [5, 5.41) is 4.42. The summed E-state index contributed by atoms with van der Waals surface area (Å²) in [6.07, 6.45) is 4.43. The molecule has 7 nitrogen and oxygen atoms in total. The first kappa shape index (κ1) is 22.0. The van der Waals surface area contributed by atoms with E-state index in [4.69, 9.17) is 4.74 Å². The minimum atomic E-state index is -0.220. The van der Waals surface area contributed by atoms with Crippen molar-refractivity contribution in [1.29, 1.82) is 0 Å². The van der Waals surface area contributed by atoms with Crippen LogP contribution in [0.5, 0.6) is 5.75 Å². The molecule has 168 valence electrons. The number of hydrogen-bond acceptors (Lipinski definition) is 5. The average molecular weight is 438 g/mol. The number of halogens is 1. The quantitative estimate of drug-likeness (QED) is 0.565. The molecule has 1 fully saturated rings. The second kappa shape index (κ2) is 9.93. The molecule has 0 aliphatic carbocycles. The van der Waals surface area contributed by atoms with Crippen LogP contribution in [-0.4, -0.2) is 47.3 Å². The van der Waals surface area contributed by atoms with Crippen molar-refractivity contribution in [3.8, 4) is 11.4 Å². The number of amides is 1. The van der Waals surface area contributed by atoms with Gasteiger partial charge in [-0.25, -0.2) is 9.07 Å². The number of carbonyl (C=O) groups excluding carboxylic acids is 1. The summed E-state index contributed by atoms with van der Waals surface area (Å²) in [7, 11) is 3.42. The Labute approximate surface area is 187 Å². The molecule has 0 bridgehead atoms. The first-order valence-corrected chi connectivity index (χ1v) is 10.8. The monoisotopic (exact) mass is 437 g/mol. The van der Waals surface area contributed by atoms with Gasteiger partial charge in [0.1, 0.15) is 11.6 Å². The molecule has 0 spiro atoms. The zero-order valence-electron chi connectivity index (χ0n) is 18.3. The molecule has 1 aliphatic heterocycles. The van der Waals surface area contributed by atoms with E-state index in [0.29, 0.717) is 12.2 Å². The highest BCUT2D eigenvalue weighted by Crippen LogP contribution is 2.24. The molecule has 1 amide bonds. The van der Waals surface area contributed by atoms with Crippen LogP contribution in [-0.2, 0) is 0 Å². The van der Waals surface area contributed by atoms with E-state index in [0.717, 1.165) is 36.3 Å². The number of hydrogen-bond donors (Lipinski definition) is 2. The van der Waals surface area contributed by atoms with Gasteiger partial charge in [-0.15, -0.1) is 0 Å². The summed E-state index contributed by atoms with van der Waals surface area (Å²) in [4.78, 5) is 14.5. The van der Waals surface area contributed by atoms with Crippen molar-refractivity contribution in [2.24, 2.45) is 0 Å². The van der Waals surface area contributed by atoms with Gasteiger partial charge in [-0.3, -0.25) is 15.6 Å². The predicted octanol–water partition coefficient (Wildman–Crippen LogP) is 3.48. The van der Waals surface area contributed by atoms with Crippen LogP contribution in [0.3, 0.4) is 0 Å². The van der Waals surface area contributed by atoms with Crippen LogP contribution >= 0.6 is 0 Å². The summed E-state index contributed by atoms with van der Waals surface area (Å²) in [6.45, 7) is 0.636. The van der Waals surface area contributed by atoms with Gasteiger partial charge in [0.2, 0.25) is 0 Å². The number of ether oxygens (including phenoxy) is 1. The Morgan fingerprint density at radius 3 is 2.78 bits per heavy atom. The molecule has 2 atom stereocenters. The number of hydrazine groups is 1. The zero-order valence-corrected chi connectivity index (χ0v) is 18.3. The normalized spacial score (nSPS) is 18.0. The molecule has 8 heteroatoms. The minimum absolute atomic E-state index is 0.0944. The second-order valence-electron chi connectivity index (χ2n) is 8.04. The molecule has 3 aromatic rings. The maximum absolute atomic E-state index is 13.5. The number of benzene rings is 2. The van der Waals surface area contributed by atoms with Crippen LogP contribution < -0.4 is 15.6 Å². The van der Waals surface area contributed by atoms with Crippen LogP contribution in [0.4, 0.5) is 4.39 Å². The Hall–Kier alpha value is -3.23. The van der Waals surface area contributed by atoms with Crippen LogP contribution in [0.25, 0.3) is 5.69 Å². The summed E-state index contributed by atoms with van der Waals surface area (Å²) in [5.41, 5.74) is 8.75. The Morgan fingerprint density at radius 2 is 2.03 bits per heavy atom. The maximum Gasteiger partial charge on any atom is 0.274 e. The fourth-order valence-electron chi connectivity index (χ4n) is 3.94. The third kappa shape index (κ3) is 5.15. The molecule has 1 aromatic heterocycles. The fraction of sp³-hybridized carbons (Fsp3) is 0.333. The third-order valence-corrected chi connectivity index (χ3v) is 5.77. The summed E-state index contributed by atoms with van der Waals surface area (Å²) in [6, 6.07) is 16.3. The van der Waals surface area contributed by atoms with Crippen molar-refractivity contribution in [3.63, 3.8) is 0 Å². The highest BCUT2D eigenvalue weighted by molar-refractivity contribution is 5.92. The molecule has 1 saturated heterocycles. The lowest BCUT2D eigenvalue weighted by atomic mass is 9.99. The van der Waals surface area contributed by atoms with E-state index in [1.165, 1.54) is 6.07 Å². The Bertz CT molecular complexity index is 1050. The van der Waals surface area contributed by atoms with Crippen molar-refractivity contribution < 1.29 is 13.9 Å². The Kier molecular flexibility index (Phi) is 6.82. The lowest BCUT2D eigenvalue weighted by Crippen LogP contribution is -2.32. The summed E-state index contributed by atoms with van der Waals surface area (Å²) < 4.78 is 20.3. The van der Waals surface area contributed by atoms with E-state index < -0.39 is 0 Å². The van der Waals surface area contributed by atoms with Gasteiger partial charge in [0, 0.05) is 31.9 Å². The zero-order chi connectivity index (χ0) is 22.5. The molecule has 2 unspecified atom stereocenters. The predicted molar refractivity (Wildman–Crippen MR) is 120 cm³/mol. The second-order valence-corrected chi connectivity index (χ2v) is 8.04. The molecular weight excluding hydrogens is 409 g/mol. The molecule has 0 radical (unpaired) electrons. The van der Waals surface area contributed by atoms with E-state index in [2.05, 4.69) is 16.0 Å². The van der Waals surface area contributed by atoms with Gasteiger partial charge in [-0.1, -0.05) is 12.1 Å². The van der Waals surface area contributed by atoms with Crippen LogP contribution in [0, 0.1) is 5.82 Å².